The van der Waals surface area contributed by atoms with Gasteiger partial charge in [-0.2, -0.15) is 5.10 Å². The second-order valence-corrected chi connectivity index (χ2v) is 5.27. The van der Waals surface area contributed by atoms with Crippen LogP contribution in [0.2, 0.25) is 0 Å². The molecule has 0 saturated carbocycles. The van der Waals surface area contributed by atoms with Crippen LogP contribution in [0.4, 0.5) is 4.39 Å². The predicted octanol–water partition coefficient (Wildman–Crippen LogP) is 2.14. The first-order valence-corrected chi connectivity index (χ1v) is 7.75. The molecule has 0 radical (unpaired) electrons. The maximum Gasteiger partial charge on any atom is 0.244 e. The van der Waals surface area contributed by atoms with Crippen LogP contribution >= 0.6 is 0 Å². The Kier molecular flexibility index (Phi) is 5.33. The van der Waals surface area contributed by atoms with Crippen molar-refractivity contribution >= 4 is 12.0 Å². The minimum Gasteiger partial charge on any atom is -0.494 e. The molecule has 2 aromatic heterocycles. The molecular formula is C18H16FN5O2. The SMILES string of the molecule is COc1ccc(/C=C/C(=O)NCc2cccnc2-n2cncn2)cc1F. The fraction of sp³-hybridized carbons (Fsp3) is 0.111. The molecule has 0 aliphatic carbocycles. The molecule has 0 saturated heterocycles. The molecular weight excluding hydrogens is 337 g/mol. The molecule has 26 heavy (non-hydrogen) atoms. The number of hydrogen-bond acceptors (Lipinski definition) is 5. The largest absolute Gasteiger partial charge is 0.494 e. The molecule has 0 unspecified atom stereocenters. The maximum atomic E-state index is 13.6. The first kappa shape index (κ1) is 17.3. The van der Waals surface area contributed by atoms with Crippen LogP contribution in [0.25, 0.3) is 11.9 Å². The van der Waals surface area contributed by atoms with Gasteiger partial charge in [0.05, 0.1) is 7.11 Å². The van der Waals surface area contributed by atoms with E-state index in [1.807, 2.05) is 6.07 Å². The van der Waals surface area contributed by atoms with Crippen molar-refractivity contribution in [2.75, 3.05) is 7.11 Å². The van der Waals surface area contributed by atoms with Crippen LogP contribution in [0.15, 0.2) is 55.3 Å². The van der Waals surface area contributed by atoms with E-state index in [9.17, 15) is 9.18 Å². The van der Waals surface area contributed by atoms with Gasteiger partial charge in [-0.3, -0.25) is 4.79 Å². The summed E-state index contributed by atoms with van der Waals surface area (Å²) in [6.45, 7) is 0.267. The normalized spacial score (nSPS) is 10.8. The molecule has 0 fully saturated rings. The molecule has 2 heterocycles. The van der Waals surface area contributed by atoms with Crippen LogP contribution in [-0.4, -0.2) is 32.8 Å². The van der Waals surface area contributed by atoms with Gasteiger partial charge in [-0.15, -0.1) is 0 Å². The van der Waals surface area contributed by atoms with E-state index in [2.05, 4.69) is 20.4 Å². The van der Waals surface area contributed by atoms with Crippen LogP contribution in [0.5, 0.6) is 5.75 Å². The summed E-state index contributed by atoms with van der Waals surface area (Å²) in [5, 5.41) is 6.81. The van der Waals surface area contributed by atoms with E-state index in [-0.39, 0.29) is 18.2 Å². The highest BCUT2D eigenvalue weighted by Crippen LogP contribution is 2.18. The van der Waals surface area contributed by atoms with Crippen molar-refractivity contribution in [3.63, 3.8) is 0 Å². The monoisotopic (exact) mass is 353 g/mol. The zero-order chi connectivity index (χ0) is 18.4. The Morgan fingerprint density at radius 1 is 1.38 bits per heavy atom. The lowest BCUT2D eigenvalue weighted by Crippen LogP contribution is -2.21. The van der Waals surface area contributed by atoms with Gasteiger partial charge in [-0.05, 0) is 29.8 Å². The quantitative estimate of drug-likeness (QED) is 0.687. The van der Waals surface area contributed by atoms with E-state index >= 15 is 0 Å². The number of hydrogen-bond donors (Lipinski definition) is 1. The number of nitrogens with zero attached hydrogens (tertiary/aromatic N) is 4. The number of carbonyl (C=O) groups is 1. The van der Waals surface area contributed by atoms with Crippen molar-refractivity contribution in [1.29, 1.82) is 0 Å². The number of benzene rings is 1. The highest BCUT2D eigenvalue weighted by Gasteiger charge is 2.07. The Balaban J connectivity index is 1.64. The second kappa shape index (κ2) is 8.02. The number of pyridine rings is 1. The van der Waals surface area contributed by atoms with Gasteiger partial charge in [0.1, 0.15) is 12.7 Å². The zero-order valence-electron chi connectivity index (χ0n) is 14.0. The summed E-state index contributed by atoms with van der Waals surface area (Å²) < 4.78 is 20.0. The van der Waals surface area contributed by atoms with Gasteiger partial charge in [0, 0.05) is 24.4 Å². The number of aromatic nitrogens is 4. The van der Waals surface area contributed by atoms with Crippen molar-refractivity contribution in [2.45, 2.75) is 6.54 Å². The maximum absolute atomic E-state index is 13.6. The lowest BCUT2D eigenvalue weighted by molar-refractivity contribution is -0.116. The first-order chi connectivity index (χ1) is 12.7. The Labute approximate surface area is 149 Å². The molecule has 1 aromatic carbocycles. The van der Waals surface area contributed by atoms with E-state index in [4.69, 9.17) is 4.74 Å². The van der Waals surface area contributed by atoms with E-state index in [0.29, 0.717) is 11.4 Å². The van der Waals surface area contributed by atoms with E-state index in [1.165, 1.54) is 48.7 Å². The third kappa shape index (κ3) is 4.10. The number of amides is 1. The van der Waals surface area contributed by atoms with Crippen molar-refractivity contribution < 1.29 is 13.9 Å². The average molecular weight is 353 g/mol. The summed E-state index contributed by atoms with van der Waals surface area (Å²) >= 11 is 0. The summed E-state index contributed by atoms with van der Waals surface area (Å²) in [5.41, 5.74) is 1.35. The Hall–Kier alpha value is -3.55. The highest BCUT2D eigenvalue weighted by atomic mass is 19.1. The third-order valence-corrected chi connectivity index (χ3v) is 3.56. The van der Waals surface area contributed by atoms with Crippen LogP contribution < -0.4 is 10.1 Å². The fourth-order valence-electron chi connectivity index (χ4n) is 2.29. The van der Waals surface area contributed by atoms with Crippen molar-refractivity contribution in [2.24, 2.45) is 0 Å². The number of carbonyl (C=O) groups excluding carboxylic acids is 1. The molecule has 0 atom stereocenters. The minimum atomic E-state index is -0.483. The number of rotatable bonds is 6. The summed E-state index contributed by atoms with van der Waals surface area (Å²) in [5.74, 6) is -0.0483. The van der Waals surface area contributed by atoms with E-state index in [0.717, 1.165) is 5.56 Å². The van der Waals surface area contributed by atoms with Gasteiger partial charge < -0.3 is 10.1 Å². The topological polar surface area (TPSA) is 81.9 Å². The van der Waals surface area contributed by atoms with Gasteiger partial charge in [-0.1, -0.05) is 12.1 Å². The smallest absolute Gasteiger partial charge is 0.244 e. The zero-order valence-corrected chi connectivity index (χ0v) is 14.0. The van der Waals surface area contributed by atoms with Crippen molar-refractivity contribution in [3.8, 4) is 11.6 Å². The molecule has 1 N–H and O–H groups in total. The first-order valence-electron chi connectivity index (χ1n) is 7.75. The van der Waals surface area contributed by atoms with Crippen LogP contribution in [-0.2, 0) is 11.3 Å². The minimum absolute atomic E-state index is 0.156. The van der Waals surface area contributed by atoms with Gasteiger partial charge in [0.2, 0.25) is 5.91 Å². The van der Waals surface area contributed by atoms with Gasteiger partial charge in [0.15, 0.2) is 17.4 Å². The number of nitrogens with one attached hydrogen (secondary N) is 1. The molecule has 8 heteroatoms. The molecule has 0 spiro atoms. The molecule has 3 aromatic rings. The molecule has 7 nitrogen and oxygen atoms in total. The highest BCUT2D eigenvalue weighted by molar-refractivity contribution is 5.91. The molecule has 3 rings (SSSR count). The van der Waals surface area contributed by atoms with Crippen LogP contribution in [0.1, 0.15) is 11.1 Å². The standard InChI is InChI=1S/C18H16FN5O2/c1-26-16-6-4-13(9-15(16)19)5-7-17(25)22-10-14-3-2-8-21-18(14)24-12-20-11-23-24/h2-9,11-12H,10H2,1H3,(H,22,25)/b7-5+. The Bertz CT molecular complexity index is 925. The Morgan fingerprint density at radius 3 is 3.00 bits per heavy atom. The molecule has 0 aliphatic heterocycles. The fourth-order valence-corrected chi connectivity index (χ4v) is 2.29. The third-order valence-electron chi connectivity index (χ3n) is 3.56. The summed E-state index contributed by atoms with van der Waals surface area (Å²) in [7, 11) is 1.40. The average Bonchev–Trinajstić information content (AvgIpc) is 3.19. The van der Waals surface area contributed by atoms with Gasteiger partial charge >= 0.3 is 0 Å². The molecule has 0 bridgehead atoms. The summed E-state index contributed by atoms with van der Waals surface area (Å²) in [4.78, 5) is 20.2. The van der Waals surface area contributed by atoms with Gasteiger partial charge in [-0.25, -0.2) is 19.0 Å². The van der Waals surface area contributed by atoms with Crippen molar-refractivity contribution in [3.05, 3.63) is 72.2 Å². The second-order valence-electron chi connectivity index (χ2n) is 5.27. The van der Waals surface area contributed by atoms with Crippen LogP contribution in [0.3, 0.4) is 0 Å². The Morgan fingerprint density at radius 2 is 2.27 bits per heavy atom. The molecule has 1 amide bonds. The predicted molar refractivity (Wildman–Crippen MR) is 93.0 cm³/mol. The molecule has 0 aliphatic rings. The number of methoxy groups -OCH3 is 1. The number of halogens is 1. The lowest BCUT2D eigenvalue weighted by atomic mass is 10.2. The lowest BCUT2D eigenvalue weighted by Gasteiger charge is -2.08. The van der Waals surface area contributed by atoms with E-state index < -0.39 is 5.82 Å². The summed E-state index contributed by atoms with van der Waals surface area (Å²) in [6.07, 6.45) is 7.45. The van der Waals surface area contributed by atoms with Crippen LogP contribution in [0, 0.1) is 5.82 Å². The summed E-state index contributed by atoms with van der Waals surface area (Å²) in [6, 6.07) is 8.08. The number of ether oxygens (including phenoxy) is 1. The van der Waals surface area contributed by atoms with Gasteiger partial charge in [0.25, 0.3) is 0 Å². The van der Waals surface area contributed by atoms with E-state index in [1.54, 1.807) is 18.3 Å². The molecule has 132 valence electrons. The van der Waals surface area contributed by atoms with Crippen molar-refractivity contribution in [1.82, 2.24) is 25.1 Å².